The summed E-state index contributed by atoms with van der Waals surface area (Å²) in [5, 5.41) is 10.8. The summed E-state index contributed by atoms with van der Waals surface area (Å²) in [6.45, 7) is 3.74. The fraction of sp³-hybridized carbons (Fsp3) is 0.615. The van der Waals surface area contributed by atoms with Crippen LogP contribution in [0.15, 0.2) is 17.2 Å². The quantitative estimate of drug-likeness (QED) is 0.825. The molecular formula is C13H21N3O4S. The average molecular weight is 315 g/mol. The van der Waals surface area contributed by atoms with Crippen molar-refractivity contribution in [1.29, 1.82) is 0 Å². The average Bonchev–Trinajstić information content (AvgIpc) is 2.85. The van der Waals surface area contributed by atoms with Crippen molar-refractivity contribution in [2.75, 3.05) is 13.1 Å². The number of carboxylic acid groups (broad SMARTS) is 1. The minimum absolute atomic E-state index is 0.000997. The van der Waals surface area contributed by atoms with Crippen molar-refractivity contribution in [1.82, 2.24) is 14.4 Å². The number of aromatic carboxylic acids is 1. The maximum atomic E-state index is 12.3. The molecule has 21 heavy (non-hydrogen) atoms. The van der Waals surface area contributed by atoms with E-state index in [1.807, 2.05) is 6.92 Å². The number of nitrogens with one attached hydrogen (secondary N) is 1. The molecule has 1 aliphatic rings. The summed E-state index contributed by atoms with van der Waals surface area (Å²) in [7, 11) is -3.72. The van der Waals surface area contributed by atoms with E-state index in [0.717, 1.165) is 25.7 Å². The lowest BCUT2D eigenvalue weighted by atomic mass is 10.2. The van der Waals surface area contributed by atoms with E-state index in [2.05, 4.69) is 4.83 Å². The summed E-state index contributed by atoms with van der Waals surface area (Å²) < 4.78 is 26.1. The maximum absolute atomic E-state index is 12.3. The number of carboxylic acids is 1. The number of hydrogen-bond donors (Lipinski definition) is 2. The van der Waals surface area contributed by atoms with E-state index in [-0.39, 0.29) is 10.6 Å². The molecule has 0 aromatic carbocycles. The highest BCUT2D eigenvalue weighted by atomic mass is 32.2. The summed E-state index contributed by atoms with van der Waals surface area (Å²) in [5.74, 6) is -1.12. The van der Waals surface area contributed by atoms with Crippen LogP contribution in [0.5, 0.6) is 0 Å². The highest BCUT2D eigenvalue weighted by Gasteiger charge is 2.24. The Balaban J connectivity index is 2.22. The number of sulfonamides is 1. The van der Waals surface area contributed by atoms with Gasteiger partial charge in [-0.1, -0.05) is 13.3 Å². The molecule has 1 aromatic heterocycles. The van der Waals surface area contributed by atoms with Crippen molar-refractivity contribution >= 4 is 16.0 Å². The van der Waals surface area contributed by atoms with E-state index in [9.17, 15) is 13.2 Å². The Bertz CT molecular complexity index is 603. The van der Waals surface area contributed by atoms with Crippen molar-refractivity contribution in [3.8, 4) is 0 Å². The molecule has 0 radical (unpaired) electrons. The second kappa shape index (κ2) is 6.59. The van der Waals surface area contributed by atoms with Crippen LogP contribution in [-0.4, -0.2) is 42.2 Å². The lowest BCUT2D eigenvalue weighted by Gasteiger charge is -2.26. The molecule has 1 aliphatic heterocycles. The molecule has 1 fully saturated rings. The van der Waals surface area contributed by atoms with Crippen molar-refractivity contribution in [3.05, 3.63) is 18.0 Å². The van der Waals surface area contributed by atoms with E-state index in [1.165, 1.54) is 16.8 Å². The molecule has 8 heteroatoms. The SMILES string of the molecule is CCCn1cc(S(=O)(=O)NN2CCCCC2)cc1C(=O)O. The van der Waals surface area contributed by atoms with Crippen molar-refractivity contribution in [3.63, 3.8) is 0 Å². The fourth-order valence-corrected chi connectivity index (χ4v) is 3.60. The largest absolute Gasteiger partial charge is 0.477 e. The molecule has 0 unspecified atom stereocenters. The Morgan fingerprint density at radius 1 is 1.33 bits per heavy atom. The number of carbonyl (C=O) groups is 1. The standard InChI is InChI=1S/C13H21N3O4S/c1-2-6-15-10-11(9-12(15)13(17)18)21(19,20)14-16-7-4-3-5-8-16/h9-10,14H,2-8H2,1H3,(H,17,18). The number of rotatable bonds is 6. The fourth-order valence-electron chi connectivity index (χ4n) is 2.44. The molecule has 0 amide bonds. The molecule has 2 heterocycles. The van der Waals surface area contributed by atoms with Crippen LogP contribution in [0.1, 0.15) is 43.1 Å². The third-order valence-corrected chi connectivity index (χ3v) is 4.81. The van der Waals surface area contributed by atoms with E-state index in [1.54, 1.807) is 5.01 Å². The van der Waals surface area contributed by atoms with Crippen molar-refractivity contribution in [2.24, 2.45) is 0 Å². The number of aromatic nitrogens is 1. The van der Waals surface area contributed by atoms with Gasteiger partial charge in [-0.25, -0.2) is 18.2 Å². The van der Waals surface area contributed by atoms with Gasteiger partial charge in [0.15, 0.2) is 0 Å². The van der Waals surface area contributed by atoms with Gasteiger partial charge in [0.25, 0.3) is 10.0 Å². The molecule has 2 N–H and O–H groups in total. The van der Waals surface area contributed by atoms with Gasteiger partial charge < -0.3 is 9.67 Å². The third kappa shape index (κ3) is 3.84. The normalized spacial score (nSPS) is 17.0. The minimum atomic E-state index is -3.72. The van der Waals surface area contributed by atoms with E-state index in [4.69, 9.17) is 5.11 Å². The minimum Gasteiger partial charge on any atom is -0.477 e. The Labute approximate surface area is 124 Å². The molecule has 0 aliphatic carbocycles. The number of hydrogen-bond acceptors (Lipinski definition) is 4. The van der Waals surface area contributed by atoms with Gasteiger partial charge in [0.2, 0.25) is 0 Å². The number of nitrogens with zero attached hydrogens (tertiary/aromatic N) is 2. The van der Waals surface area contributed by atoms with Gasteiger partial charge in [-0.15, -0.1) is 4.83 Å². The van der Waals surface area contributed by atoms with Crippen molar-refractivity contribution < 1.29 is 18.3 Å². The van der Waals surface area contributed by atoms with Crippen LogP contribution >= 0.6 is 0 Å². The Morgan fingerprint density at radius 2 is 2.00 bits per heavy atom. The molecule has 0 atom stereocenters. The van der Waals surface area contributed by atoms with Gasteiger partial charge in [0.1, 0.15) is 10.6 Å². The van der Waals surface area contributed by atoms with Gasteiger partial charge in [0.05, 0.1) is 0 Å². The molecule has 7 nitrogen and oxygen atoms in total. The first kappa shape index (κ1) is 16.0. The van der Waals surface area contributed by atoms with Crippen LogP contribution in [-0.2, 0) is 16.6 Å². The van der Waals surface area contributed by atoms with Crippen LogP contribution in [0.2, 0.25) is 0 Å². The molecule has 0 saturated carbocycles. The lowest BCUT2D eigenvalue weighted by Crippen LogP contribution is -2.44. The predicted octanol–water partition coefficient (Wildman–Crippen LogP) is 1.28. The van der Waals surface area contributed by atoms with Gasteiger partial charge in [-0.2, -0.15) is 0 Å². The molecule has 1 saturated heterocycles. The first-order chi connectivity index (χ1) is 9.94. The van der Waals surface area contributed by atoms with Crippen LogP contribution in [0, 0.1) is 0 Å². The molecule has 0 spiro atoms. The molecule has 118 valence electrons. The number of aryl methyl sites for hydroxylation is 1. The molecular weight excluding hydrogens is 294 g/mol. The van der Waals surface area contributed by atoms with Gasteiger partial charge in [0, 0.05) is 25.8 Å². The smallest absolute Gasteiger partial charge is 0.352 e. The van der Waals surface area contributed by atoms with E-state index >= 15 is 0 Å². The third-order valence-electron chi connectivity index (χ3n) is 3.47. The summed E-state index contributed by atoms with van der Waals surface area (Å²) in [6.07, 6.45) is 5.14. The van der Waals surface area contributed by atoms with Gasteiger partial charge in [-0.05, 0) is 25.3 Å². The van der Waals surface area contributed by atoms with Gasteiger partial charge >= 0.3 is 5.97 Å². The zero-order chi connectivity index (χ0) is 15.5. The Morgan fingerprint density at radius 3 is 2.57 bits per heavy atom. The van der Waals surface area contributed by atoms with E-state index in [0.29, 0.717) is 19.6 Å². The summed E-state index contributed by atoms with van der Waals surface area (Å²) in [5.41, 5.74) is -0.00382. The zero-order valence-corrected chi connectivity index (χ0v) is 12.9. The summed E-state index contributed by atoms with van der Waals surface area (Å²) in [6, 6.07) is 1.21. The van der Waals surface area contributed by atoms with E-state index < -0.39 is 16.0 Å². The van der Waals surface area contributed by atoms with Crippen molar-refractivity contribution in [2.45, 2.75) is 44.0 Å². The number of piperidine rings is 1. The van der Waals surface area contributed by atoms with Crippen LogP contribution < -0.4 is 4.83 Å². The number of hydrazine groups is 1. The first-order valence-electron chi connectivity index (χ1n) is 7.15. The molecule has 0 bridgehead atoms. The highest BCUT2D eigenvalue weighted by Crippen LogP contribution is 2.17. The van der Waals surface area contributed by atoms with Gasteiger partial charge in [-0.3, -0.25) is 0 Å². The topological polar surface area (TPSA) is 91.6 Å². The summed E-state index contributed by atoms with van der Waals surface area (Å²) in [4.78, 5) is 13.7. The second-order valence-electron chi connectivity index (χ2n) is 5.20. The molecule has 1 aromatic rings. The van der Waals surface area contributed by atoms with Crippen LogP contribution in [0.25, 0.3) is 0 Å². The second-order valence-corrected chi connectivity index (χ2v) is 6.86. The zero-order valence-electron chi connectivity index (χ0n) is 12.1. The van der Waals surface area contributed by atoms with Crippen LogP contribution in [0.3, 0.4) is 0 Å². The first-order valence-corrected chi connectivity index (χ1v) is 8.63. The Hall–Kier alpha value is -1.38. The molecule has 2 rings (SSSR count). The predicted molar refractivity (Wildman–Crippen MR) is 77.4 cm³/mol. The maximum Gasteiger partial charge on any atom is 0.352 e. The monoisotopic (exact) mass is 315 g/mol. The van der Waals surface area contributed by atoms with Crippen LogP contribution in [0.4, 0.5) is 0 Å². The lowest BCUT2D eigenvalue weighted by molar-refractivity contribution is 0.0685. The highest BCUT2D eigenvalue weighted by molar-refractivity contribution is 7.89. The Kier molecular flexibility index (Phi) is 5.02. The summed E-state index contributed by atoms with van der Waals surface area (Å²) >= 11 is 0.